The molecule has 2 rings (SSSR count). The van der Waals surface area contributed by atoms with Crippen LogP contribution in [0.15, 0.2) is 29.3 Å². The lowest BCUT2D eigenvalue weighted by atomic mass is 10.1. The number of carboxylic acid groups (broad SMARTS) is 1. The third kappa shape index (κ3) is 3.54. The van der Waals surface area contributed by atoms with Crippen molar-refractivity contribution in [2.45, 2.75) is 19.4 Å². The van der Waals surface area contributed by atoms with Crippen LogP contribution in [0.1, 0.15) is 12.5 Å². The number of aliphatic imine (C=N–C) groups is 1. The van der Waals surface area contributed by atoms with E-state index in [1.165, 1.54) is 0 Å². The highest BCUT2D eigenvalue weighted by Crippen LogP contribution is 2.10. The van der Waals surface area contributed by atoms with Gasteiger partial charge in [0.2, 0.25) is 0 Å². The standard InChI is InChI=1S/C13H15N3O3/c1-8-7-14-12(15-8)13(19)16-10-4-2-9(3-5-10)6-11(17)18/h2-5,8H,6-7H2,1H3,(H,14,15)(H,16,19)(H,17,18). The van der Waals surface area contributed by atoms with Crippen molar-refractivity contribution >= 4 is 23.4 Å². The minimum absolute atomic E-state index is 0.0278. The summed E-state index contributed by atoms with van der Waals surface area (Å²) >= 11 is 0. The van der Waals surface area contributed by atoms with E-state index in [1.807, 2.05) is 6.92 Å². The largest absolute Gasteiger partial charge is 0.481 e. The maximum Gasteiger partial charge on any atom is 0.307 e. The number of amides is 1. The number of amidine groups is 1. The van der Waals surface area contributed by atoms with Crippen LogP contribution in [-0.2, 0) is 16.0 Å². The molecule has 1 aromatic carbocycles. The molecule has 0 spiro atoms. The van der Waals surface area contributed by atoms with Crippen molar-refractivity contribution in [1.29, 1.82) is 0 Å². The molecule has 1 amide bonds. The van der Waals surface area contributed by atoms with Crippen molar-refractivity contribution in [2.75, 3.05) is 11.9 Å². The molecule has 6 nitrogen and oxygen atoms in total. The maximum atomic E-state index is 11.8. The van der Waals surface area contributed by atoms with Crippen LogP contribution in [0, 0.1) is 0 Å². The lowest BCUT2D eigenvalue weighted by Gasteiger charge is -2.07. The van der Waals surface area contributed by atoms with Crippen molar-refractivity contribution < 1.29 is 14.7 Å². The molecule has 1 unspecified atom stereocenters. The maximum absolute atomic E-state index is 11.8. The fraction of sp³-hybridized carbons (Fsp3) is 0.308. The Bertz CT molecular complexity index is 522. The summed E-state index contributed by atoms with van der Waals surface area (Å²) in [5.74, 6) is -0.826. The minimum atomic E-state index is -0.879. The number of anilines is 1. The van der Waals surface area contributed by atoms with Crippen molar-refractivity contribution in [3.05, 3.63) is 29.8 Å². The first kappa shape index (κ1) is 13.1. The number of rotatable bonds is 4. The van der Waals surface area contributed by atoms with Gasteiger partial charge in [-0.1, -0.05) is 12.1 Å². The Balaban J connectivity index is 1.96. The molecule has 0 saturated heterocycles. The first-order valence-corrected chi connectivity index (χ1v) is 5.97. The summed E-state index contributed by atoms with van der Waals surface area (Å²) < 4.78 is 0. The zero-order valence-corrected chi connectivity index (χ0v) is 10.5. The Morgan fingerprint density at radius 1 is 1.42 bits per heavy atom. The van der Waals surface area contributed by atoms with E-state index in [9.17, 15) is 9.59 Å². The second-order valence-corrected chi connectivity index (χ2v) is 4.46. The summed E-state index contributed by atoms with van der Waals surface area (Å²) in [6.45, 7) is 2.55. The van der Waals surface area contributed by atoms with Gasteiger partial charge in [-0.05, 0) is 24.6 Å². The second kappa shape index (κ2) is 5.51. The van der Waals surface area contributed by atoms with E-state index in [0.29, 0.717) is 23.6 Å². The number of carbonyl (C=O) groups excluding carboxylic acids is 1. The average molecular weight is 261 g/mol. The fourth-order valence-electron chi connectivity index (χ4n) is 1.76. The Labute approximate surface area is 110 Å². The monoisotopic (exact) mass is 261 g/mol. The summed E-state index contributed by atoms with van der Waals surface area (Å²) in [6, 6.07) is 6.88. The molecule has 100 valence electrons. The van der Waals surface area contributed by atoms with E-state index < -0.39 is 5.97 Å². The average Bonchev–Trinajstić information content (AvgIpc) is 2.78. The second-order valence-electron chi connectivity index (χ2n) is 4.46. The van der Waals surface area contributed by atoms with E-state index in [1.54, 1.807) is 24.3 Å². The zero-order chi connectivity index (χ0) is 13.8. The van der Waals surface area contributed by atoms with Gasteiger partial charge < -0.3 is 15.7 Å². The number of aliphatic carboxylic acids is 1. The zero-order valence-electron chi connectivity index (χ0n) is 10.5. The van der Waals surface area contributed by atoms with Crippen LogP contribution in [0.4, 0.5) is 5.69 Å². The molecule has 1 atom stereocenters. The molecule has 0 saturated carbocycles. The van der Waals surface area contributed by atoms with Crippen molar-refractivity contribution in [3.63, 3.8) is 0 Å². The quantitative estimate of drug-likeness (QED) is 0.742. The molecule has 1 heterocycles. The van der Waals surface area contributed by atoms with Crippen LogP contribution in [0.3, 0.4) is 0 Å². The molecule has 1 aliphatic rings. The summed E-state index contributed by atoms with van der Waals surface area (Å²) in [4.78, 5) is 26.5. The van der Waals surface area contributed by atoms with E-state index in [4.69, 9.17) is 5.11 Å². The number of carboxylic acids is 1. The molecule has 6 heteroatoms. The number of hydrogen-bond acceptors (Lipinski definition) is 4. The van der Waals surface area contributed by atoms with Gasteiger partial charge in [0.1, 0.15) is 0 Å². The van der Waals surface area contributed by atoms with E-state index in [0.717, 1.165) is 0 Å². The number of hydrogen-bond donors (Lipinski definition) is 3. The summed E-state index contributed by atoms with van der Waals surface area (Å²) in [7, 11) is 0. The lowest BCUT2D eigenvalue weighted by molar-refractivity contribution is -0.136. The van der Waals surface area contributed by atoms with Gasteiger partial charge >= 0.3 is 5.97 Å². The van der Waals surface area contributed by atoms with E-state index in [2.05, 4.69) is 15.6 Å². The van der Waals surface area contributed by atoms with Gasteiger partial charge in [-0.15, -0.1) is 0 Å². The minimum Gasteiger partial charge on any atom is -0.481 e. The molecule has 19 heavy (non-hydrogen) atoms. The summed E-state index contributed by atoms with van der Waals surface area (Å²) in [5.41, 5.74) is 1.30. The van der Waals surface area contributed by atoms with Crippen LogP contribution in [-0.4, -0.2) is 35.4 Å². The smallest absolute Gasteiger partial charge is 0.307 e. The van der Waals surface area contributed by atoms with Crippen LogP contribution in [0.2, 0.25) is 0 Å². The molecule has 0 aromatic heterocycles. The highest BCUT2D eigenvalue weighted by atomic mass is 16.4. The van der Waals surface area contributed by atoms with Crippen LogP contribution in [0.5, 0.6) is 0 Å². The Hall–Kier alpha value is -2.37. The first-order valence-electron chi connectivity index (χ1n) is 5.97. The fourth-order valence-corrected chi connectivity index (χ4v) is 1.76. The molecule has 0 fully saturated rings. The first-order chi connectivity index (χ1) is 9.04. The molecule has 0 bridgehead atoms. The molecule has 0 aliphatic carbocycles. The van der Waals surface area contributed by atoms with E-state index >= 15 is 0 Å². The Morgan fingerprint density at radius 2 is 2.11 bits per heavy atom. The number of nitrogens with zero attached hydrogens (tertiary/aromatic N) is 1. The van der Waals surface area contributed by atoms with Crippen LogP contribution in [0.25, 0.3) is 0 Å². The third-order valence-electron chi connectivity index (χ3n) is 2.69. The van der Waals surface area contributed by atoms with Gasteiger partial charge in [-0.2, -0.15) is 0 Å². The van der Waals surface area contributed by atoms with Crippen molar-refractivity contribution in [2.24, 2.45) is 4.99 Å². The topological polar surface area (TPSA) is 90.8 Å². The van der Waals surface area contributed by atoms with Gasteiger partial charge in [0.05, 0.1) is 13.0 Å². The molecule has 3 N–H and O–H groups in total. The van der Waals surface area contributed by atoms with Gasteiger partial charge in [0, 0.05) is 11.7 Å². The molecular weight excluding hydrogens is 246 g/mol. The highest BCUT2D eigenvalue weighted by Gasteiger charge is 2.19. The lowest BCUT2D eigenvalue weighted by Crippen LogP contribution is -2.36. The predicted molar refractivity (Wildman–Crippen MR) is 71.3 cm³/mol. The summed E-state index contributed by atoms with van der Waals surface area (Å²) in [5, 5.41) is 14.3. The van der Waals surface area contributed by atoms with Gasteiger partial charge in [0.15, 0.2) is 5.84 Å². The number of benzene rings is 1. The molecule has 0 radical (unpaired) electrons. The number of carbonyl (C=O) groups is 2. The van der Waals surface area contributed by atoms with Crippen molar-refractivity contribution in [3.8, 4) is 0 Å². The Morgan fingerprint density at radius 3 is 2.63 bits per heavy atom. The van der Waals surface area contributed by atoms with E-state index in [-0.39, 0.29) is 18.4 Å². The predicted octanol–water partition coefficient (Wildman–Crippen LogP) is 0.642. The summed E-state index contributed by atoms with van der Waals surface area (Å²) in [6.07, 6.45) is -0.0278. The molecule has 1 aromatic rings. The van der Waals surface area contributed by atoms with Gasteiger partial charge in [-0.3, -0.25) is 14.6 Å². The SMILES string of the molecule is CC1CN=C(C(=O)Nc2ccc(CC(=O)O)cc2)N1. The van der Waals surface area contributed by atoms with Crippen molar-refractivity contribution in [1.82, 2.24) is 5.32 Å². The molecular formula is C13H15N3O3. The number of nitrogens with one attached hydrogen (secondary N) is 2. The van der Waals surface area contributed by atoms with Crippen LogP contribution < -0.4 is 10.6 Å². The van der Waals surface area contributed by atoms with Crippen LogP contribution >= 0.6 is 0 Å². The Kier molecular flexibility index (Phi) is 3.79. The van der Waals surface area contributed by atoms with Gasteiger partial charge in [-0.25, -0.2) is 0 Å². The highest BCUT2D eigenvalue weighted by molar-refractivity contribution is 6.42. The van der Waals surface area contributed by atoms with Gasteiger partial charge in [0.25, 0.3) is 5.91 Å². The normalized spacial score (nSPS) is 17.5. The molecule has 1 aliphatic heterocycles. The third-order valence-corrected chi connectivity index (χ3v) is 2.69.